The van der Waals surface area contributed by atoms with Crippen molar-refractivity contribution in [3.05, 3.63) is 28.3 Å². The largest absolute Gasteiger partial charge is 0.491 e. The molecule has 0 aromatic heterocycles. The average molecular weight is 264 g/mol. The Morgan fingerprint density at radius 1 is 1.67 bits per heavy atom. The van der Waals surface area contributed by atoms with Crippen LogP contribution < -0.4 is 5.46 Å². The first-order valence-corrected chi connectivity index (χ1v) is 5.74. The van der Waals surface area contributed by atoms with Gasteiger partial charge in [-0.1, -0.05) is 11.6 Å². The average Bonchev–Trinajstić information content (AvgIpc) is 2.69. The molecule has 0 spiro atoms. The molecule has 0 radical (unpaired) electrons. The van der Waals surface area contributed by atoms with Crippen LogP contribution in [-0.4, -0.2) is 24.7 Å². The van der Waals surface area contributed by atoms with Crippen LogP contribution in [0.1, 0.15) is 22.3 Å². The van der Waals surface area contributed by atoms with Crippen LogP contribution in [0.25, 0.3) is 0 Å². The van der Waals surface area contributed by atoms with E-state index in [-0.39, 0.29) is 23.8 Å². The molecular weight excluding hydrogens is 254 g/mol. The molecule has 92 valence electrons. The van der Waals surface area contributed by atoms with E-state index in [0.717, 1.165) is 5.56 Å². The monoisotopic (exact) mass is 264 g/mol. The lowest BCUT2D eigenvalue weighted by Crippen LogP contribution is -2.29. The number of ether oxygens (including phenoxy) is 1. The zero-order valence-electron chi connectivity index (χ0n) is 9.48. The third-order valence-electron chi connectivity index (χ3n) is 2.59. The number of rotatable bonds is 3. The van der Waals surface area contributed by atoms with E-state index in [1.807, 2.05) is 0 Å². The highest BCUT2D eigenvalue weighted by molar-refractivity contribution is 6.61. The summed E-state index contributed by atoms with van der Waals surface area (Å²) in [6, 6.07) is 3.10. The van der Waals surface area contributed by atoms with Crippen LogP contribution in [0, 0.1) is 12.3 Å². The van der Waals surface area contributed by atoms with E-state index >= 15 is 0 Å². The first-order chi connectivity index (χ1) is 8.63. The molecule has 0 aliphatic carbocycles. The third kappa shape index (κ3) is 2.51. The molecule has 1 aliphatic heterocycles. The molecule has 2 rings (SSSR count). The molecule has 1 aromatic rings. The fraction of sp³-hybridized carbons (Fsp3) is 0.250. The van der Waals surface area contributed by atoms with Crippen LogP contribution in [-0.2, 0) is 16.0 Å². The topological polar surface area (TPSA) is 55.8 Å². The zero-order chi connectivity index (χ0) is 13.1. The molecule has 1 aromatic carbocycles. The van der Waals surface area contributed by atoms with Gasteiger partial charge in [-0.05, 0) is 23.2 Å². The Bertz CT molecular complexity index is 524. The van der Waals surface area contributed by atoms with Gasteiger partial charge in [0.2, 0.25) is 0 Å². The van der Waals surface area contributed by atoms with E-state index < -0.39 is 13.1 Å². The molecule has 0 amide bonds. The van der Waals surface area contributed by atoms with Crippen molar-refractivity contribution < 1.29 is 19.2 Å². The Balaban J connectivity index is 2.21. The third-order valence-corrected chi connectivity index (χ3v) is 2.90. The van der Waals surface area contributed by atoms with Gasteiger partial charge in [-0.25, -0.2) is 4.79 Å². The number of halogens is 1. The van der Waals surface area contributed by atoms with Crippen LogP contribution in [0.3, 0.4) is 0 Å². The molecule has 0 bridgehead atoms. The minimum absolute atomic E-state index is 0.141. The Morgan fingerprint density at radius 2 is 2.44 bits per heavy atom. The fourth-order valence-corrected chi connectivity index (χ4v) is 1.94. The number of hydrogen-bond acceptors (Lipinski definition) is 4. The highest BCUT2D eigenvalue weighted by atomic mass is 35.5. The fourth-order valence-electron chi connectivity index (χ4n) is 1.68. The molecule has 0 saturated carbocycles. The van der Waals surface area contributed by atoms with Crippen LogP contribution >= 0.6 is 11.6 Å². The van der Waals surface area contributed by atoms with Crippen LogP contribution in [0.5, 0.6) is 0 Å². The molecule has 1 aliphatic rings. The highest BCUT2D eigenvalue weighted by Gasteiger charge is 2.29. The van der Waals surface area contributed by atoms with Gasteiger partial charge in [0, 0.05) is 6.42 Å². The summed E-state index contributed by atoms with van der Waals surface area (Å²) in [7, 11) is -1.02. The highest BCUT2D eigenvalue weighted by Crippen LogP contribution is 2.21. The molecule has 6 heteroatoms. The van der Waals surface area contributed by atoms with Crippen molar-refractivity contribution in [2.45, 2.75) is 13.0 Å². The van der Waals surface area contributed by atoms with Crippen molar-refractivity contribution >= 4 is 30.2 Å². The Morgan fingerprint density at radius 3 is 3.17 bits per heavy atom. The normalized spacial score (nSPS) is 13.1. The molecule has 0 atom stereocenters. The van der Waals surface area contributed by atoms with Crippen molar-refractivity contribution in [2.24, 2.45) is 0 Å². The van der Waals surface area contributed by atoms with Gasteiger partial charge in [-0.3, -0.25) is 0 Å². The maximum absolute atomic E-state index is 11.7. The quantitative estimate of drug-likeness (QED) is 0.379. The standard InChI is InChI=1S/C12H10BClO4/c1-2-3-4-17-12(15)9-6-10-8(5-11(9)14)7-18-13(10)16/h1,5-6,16H,3-4,7H2. The maximum atomic E-state index is 11.7. The Labute approximate surface area is 110 Å². The Hall–Kier alpha value is -1.48. The lowest BCUT2D eigenvalue weighted by atomic mass is 9.79. The summed E-state index contributed by atoms with van der Waals surface area (Å²) in [5, 5.41) is 9.82. The second-order valence-corrected chi connectivity index (χ2v) is 4.19. The molecule has 1 heterocycles. The number of hydrogen-bond donors (Lipinski definition) is 1. The number of carbonyl (C=O) groups is 1. The molecule has 1 N–H and O–H groups in total. The first kappa shape index (κ1) is 13.0. The van der Waals surface area contributed by atoms with Gasteiger partial charge in [0.15, 0.2) is 0 Å². The zero-order valence-corrected chi connectivity index (χ0v) is 10.2. The van der Waals surface area contributed by atoms with Gasteiger partial charge >= 0.3 is 13.1 Å². The summed E-state index contributed by atoms with van der Waals surface area (Å²) in [5.41, 5.74) is 1.52. The minimum atomic E-state index is -1.02. The number of esters is 1. The predicted molar refractivity (Wildman–Crippen MR) is 67.6 cm³/mol. The van der Waals surface area contributed by atoms with Gasteiger partial charge in [0.1, 0.15) is 6.61 Å². The van der Waals surface area contributed by atoms with Crippen LogP contribution in [0.4, 0.5) is 0 Å². The van der Waals surface area contributed by atoms with E-state index in [2.05, 4.69) is 5.92 Å². The van der Waals surface area contributed by atoms with Crippen LogP contribution in [0.15, 0.2) is 12.1 Å². The lowest BCUT2D eigenvalue weighted by Gasteiger charge is -2.07. The summed E-state index contributed by atoms with van der Waals surface area (Å²) < 4.78 is 9.99. The van der Waals surface area contributed by atoms with Crippen molar-refractivity contribution in [3.63, 3.8) is 0 Å². The molecule has 4 nitrogen and oxygen atoms in total. The van der Waals surface area contributed by atoms with Crippen molar-refractivity contribution in [1.29, 1.82) is 0 Å². The summed E-state index contributed by atoms with van der Waals surface area (Å²) in [6.45, 7) is 0.421. The van der Waals surface area contributed by atoms with E-state index in [1.54, 1.807) is 6.07 Å². The van der Waals surface area contributed by atoms with Crippen molar-refractivity contribution in [1.82, 2.24) is 0 Å². The minimum Gasteiger partial charge on any atom is -0.461 e. The first-order valence-electron chi connectivity index (χ1n) is 5.36. The smallest absolute Gasteiger partial charge is 0.461 e. The summed E-state index contributed by atoms with van der Waals surface area (Å²) in [5.74, 6) is 1.81. The lowest BCUT2D eigenvalue weighted by molar-refractivity contribution is 0.0514. The number of benzene rings is 1. The second-order valence-electron chi connectivity index (χ2n) is 3.78. The van der Waals surface area contributed by atoms with E-state index in [1.165, 1.54) is 6.07 Å². The number of fused-ring (bicyclic) bond motifs is 1. The van der Waals surface area contributed by atoms with Gasteiger partial charge in [-0.2, -0.15) is 0 Å². The second kappa shape index (κ2) is 5.45. The van der Waals surface area contributed by atoms with Crippen molar-refractivity contribution in [2.75, 3.05) is 6.61 Å². The number of carbonyl (C=O) groups excluding carboxylic acids is 1. The van der Waals surface area contributed by atoms with Crippen LogP contribution in [0.2, 0.25) is 5.02 Å². The maximum Gasteiger partial charge on any atom is 0.491 e. The molecule has 0 fully saturated rings. The van der Waals surface area contributed by atoms with E-state index in [0.29, 0.717) is 11.9 Å². The van der Waals surface area contributed by atoms with E-state index in [9.17, 15) is 9.82 Å². The summed E-state index contributed by atoms with van der Waals surface area (Å²) >= 11 is 5.98. The van der Waals surface area contributed by atoms with E-state index in [4.69, 9.17) is 27.4 Å². The number of terminal acetylenes is 1. The molecule has 0 unspecified atom stereocenters. The molecular formula is C12H10BClO4. The molecule has 0 saturated heterocycles. The predicted octanol–water partition coefficient (Wildman–Crippen LogP) is 0.738. The van der Waals surface area contributed by atoms with Gasteiger partial charge in [0.05, 0.1) is 17.2 Å². The van der Waals surface area contributed by atoms with Crippen molar-refractivity contribution in [3.8, 4) is 12.3 Å². The Kier molecular flexibility index (Phi) is 3.92. The summed E-state index contributed by atoms with van der Waals surface area (Å²) in [4.78, 5) is 11.7. The van der Waals surface area contributed by atoms with Gasteiger partial charge in [-0.15, -0.1) is 12.3 Å². The summed E-state index contributed by atoms with van der Waals surface area (Å²) in [6.07, 6.45) is 5.41. The van der Waals surface area contributed by atoms with Gasteiger partial charge < -0.3 is 14.4 Å². The molecule has 18 heavy (non-hydrogen) atoms. The van der Waals surface area contributed by atoms with Gasteiger partial charge in [0.25, 0.3) is 0 Å². The SMILES string of the molecule is C#CCCOC(=O)c1cc2c(cc1Cl)COB2O.